The minimum Gasteiger partial charge on any atom is -0.484 e. The lowest BCUT2D eigenvalue weighted by Crippen LogP contribution is -2.40. The highest BCUT2D eigenvalue weighted by atomic mass is 16.5. The van der Waals surface area contributed by atoms with Crippen molar-refractivity contribution < 1.29 is 9.53 Å². The number of rotatable bonds is 5. The first-order valence-corrected chi connectivity index (χ1v) is 6.26. The van der Waals surface area contributed by atoms with Crippen LogP contribution in [0.4, 0.5) is 0 Å². The Hall–Kier alpha value is -2.24. The van der Waals surface area contributed by atoms with Gasteiger partial charge in [0.15, 0.2) is 12.6 Å². The molecule has 0 spiro atoms. The molecule has 0 saturated carbocycles. The van der Waals surface area contributed by atoms with Gasteiger partial charge in [-0.05, 0) is 24.1 Å². The van der Waals surface area contributed by atoms with E-state index in [-0.39, 0.29) is 6.61 Å². The summed E-state index contributed by atoms with van der Waals surface area (Å²) in [6.07, 6.45) is 1.07. The van der Waals surface area contributed by atoms with Gasteiger partial charge in [-0.25, -0.2) is 0 Å². The number of carbonyl (C=O) groups is 1. The zero-order valence-corrected chi connectivity index (χ0v) is 10.7. The fourth-order valence-corrected chi connectivity index (χ4v) is 1.74. The van der Waals surface area contributed by atoms with Crippen molar-refractivity contribution in [2.75, 3.05) is 19.7 Å². The van der Waals surface area contributed by atoms with Crippen LogP contribution in [0.1, 0.15) is 12.0 Å². The monoisotopic (exact) mass is 262 g/mol. The number of ether oxygens (including phenoxy) is 1. The number of nitrogens with two attached hydrogens (primary N) is 1. The summed E-state index contributed by atoms with van der Waals surface area (Å²) in [7, 11) is 0. The molecule has 1 aromatic carbocycles. The molecule has 0 atom stereocenters. The van der Waals surface area contributed by atoms with E-state index in [1.54, 1.807) is 6.07 Å². The molecule has 1 amide bonds. The fourth-order valence-electron chi connectivity index (χ4n) is 1.74. The second-order valence-corrected chi connectivity index (χ2v) is 4.27. The quantitative estimate of drug-likeness (QED) is 0.696. The number of hydrogen-bond acceptors (Lipinski definition) is 5. The number of primary amides is 1. The van der Waals surface area contributed by atoms with Gasteiger partial charge in [0.05, 0.1) is 0 Å². The Kier molecular flexibility index (Phi) is 4.60. The average Bonchev–Trinajstić information content (AvgIpc) is 2.44. The minimum absolute atomic E-state index is 0.106. The van der Waals surface area contributed by atoms with Crippen molar-refractivity contribution in [1.82, 2.24) is 10.6 Å². The largest absolute Gasteiger partial charge is 0.484 e. The van der Waals surface area contributed by atoms with Gasteiger partial charge >= 0.3 is 0 Å². The summed E-state index contributed by atoms with van der Waals surface area (Å²) in [6.45, 7) is 2.36. The van der Waals surface area contributed by atoms with Gasteiger partial charge in [-0.2, -0.15) is 0 Å². The van der Waals surface area contributed by atoms with Crippen LogP contribution < -0.4 is 21.1 Å². The smallest absolute Gasteiger partial charge is 0.255 e. The molecule has 0 aromatic heterocycles. The number of nitrogens with one attached hydrogen (secondary N) is 2. The van der Waals surface area contributed by atoms with Gasteiger partial charge in [0.25, 0.3) is 5.91 Å². The van der Waals surface area contributed by atoms with Crippen LogP contribution in [-0.4, -0.2) is 31.6 Å². The van der Waals surface area contributed by atoms with E-state index in [0.717, 1.165) is 31.0 Å². The van der Waals surface area contributed by atoms with E-state index in [9.17, 15) is 4.79 Å². The van der Waals surface area contributed by atoms with E-state index < -0.39 is 5.91 Å². The lowest BCUT2D eigenvalue weighted by molar-refractivity contribution is -0.119. The molecule has 6 heteroatoms. The summed E-state index contributed by atoms with van der Waals surface area (Å²) < 4.78 is 5.25. The molecular formula is C13H18N4O2. The third kappa shape index (κ3) is 4.50. The van der Waals surface area contributed by atoms with Crippen LogP contribution in [0.15, 0.2) is 29.3 Å². The molecule has 6 nitrogen and oxygen atoms in total. The number of amides is 1. The molecule has 0 fully saturated rings. The van der Waals surface area contributed by atoms with E-state index in [2.05, 4.69) is 15.6 Å². The molecule has 1 aliphatic heterocycles. The first-order valence-electron chi connectivity index (χ1n) is 6.26. The van der Waals surface area contributed by atoms with E-state index in [1.165, 1.54) is 0 Å². The molecule has 0 bridgehead atoms. The van der Waals surface area contributed by atoms with Crippen molar-refractivity contribution in [3.05, 3.63) is 29.8 Å². The second kappa shape index (κ2) is 6.63. The summed E-state index contributed by atoms with van der Waals surface area (Å²) in [6, 6.07) is 7.53. The molecule has 0 unspecified atom stereocenters. The lowest BCUT2D eigenvalue weighted by atomic mass is 10.2. The normalized spacial score (nSPS) is 14.2. The summed E-state index contributed by atoms with van der Waals surface area (Å²) in [5.74, 6) is 0.982. The lowest BCUT2D eigenvalue weighted by Gasteiger charge is -2.16. The van der Waals surface area contributed by atoms with Gasteiger partial charge in [0.1, 0.15) is 5.75 Å². The Morgan fingerprint density at radius 2 is 2.42 bits per heavy atom. The van der Waals surface area contributed by atoms with Crippen LogP contribution in [0.3, 0.4) is 0 Å². The molecule has 2 rings (SSSR count). The Morgan fingerprint density at radius 3 is 3.16 bits per heavy atom. The van der Waals surface area contributed by atoms with Crippen LogP contribution in [0.2, 0.25) is 0 Å². The number of benzene rings is 1. The molecule has 102 valence electrons. The van der Waals surface area contributed by atoms with Gasteiger partial charge in [-0.15, -0.1) is 0 Å². The summed E-state index contributed by atoms with van der Waals surface area (Å²) in [5, 5.41) is 6.41. The van der Waals surface area contributed by atoms with Crippen molar-refractivity contribution in [1.29, 1.82) is 0 Å². The van der Waals surface area contributed by atoms with Crippen LogP contribution in [0.25, 0.3) is 0 Å². The fraction of sp³-hybridized carbons (Fsp3) is 0.385. The highest BCUT2D eigenvalue weighted by Gasteiger charge is 2.04. The van der Waals surface area contributed by atoms with E-state index in [1.807, 2.05) is 18.2 Å². The number of nitrogens with zero attached hydrogens (tertiary/aromatic N) is 1. The van der Waals surface area contributed by atoms with Crippen LogP contribution >= 0.6 is 0 Å². The van der Waals surface area contributed by atoms with E-state index in [0.29, 0.717) is 12.3 Å². The standard InChI is InChI=1S/C13H18N4O2/c14-12(18)9-19-11-4-1-3-10(7-11)8-17-13-15-5-2-6-16-13/h1,3-4,7H,2,5-6,8-9H2,(H2,14,18)(H2,15,16,17). The molecule has 1 heterocycles. The molecule has 0 saturated heterocycles. The topological polar surface area (TPSA) is 88.7 Å². The van der Waals surface area contributed by atoms with Crippen molar-refractivity contribution in [2.45, 2.75) is 13.0 Å². The molecular weight excluding hydrogens is 244 g/mol. The van der Waals surface area contributed by atoms with Crippen molar-refractivity contribution in [2.24, 2.45) is 10.7 Å². The Balaban J connectivity index is 1.87. The predicted octanol–water partition coefficient (Wildman–Crippen LogP) is -0.0104. The molecule has 1 aromatic rings. The minimum atomic E-state index is -0.482. The number of carbonyl (C=O) groups excluding carboxylic acids is 1. The van der Waals surface area contributed by atoms with Gasteiger partial charge in [0.2, 0.25) is 0 Å². The van der Waals surface area contributed by atoms with Gasteiger partial charge < -0.3 is 21.1 Å². The maximum absolute atomic E-state index is 10.7. The number of aliphatic imine (C=N–C) groups is 1. The van der Waals surface area contributed by atoms with E-state index in [4.69, 9.17) is 10.5 Å². The third-order valence-corrected chi connectivity index (χ3v) is 2.64. The molecule has 1 aliphatic rings. The van der Waals surface area contributed by atoms with Gasteiger partial charge in [-0.3, -0.25) is 9.79 Å². The van der Waals surface area contributed by atoms with Crippen LogP contribution in [0, 0.1) is 0 Å². The van der Waals surface area contributed by atoms with Crippen molar-refractivity contribution >= 4 is 11.9 Å². The summed E-state index contributed by atoms with van der Waals surface area (Å²) in [5.41, 5.74) is 6.09. The molecule has 0 radical (unpaired) electrons. The SMILES string of the molecule is NC(=O)COc1cccc(CNC2=NCCCN2)c1. The Labute approximate surface area is 112 Å². The highest BCUT2D eigenvalue weighted by Crippen LogP contribution is 2.13. The maximum Gasteiger partial charge on any atom is 0.255 e. The zero-order valence-electron chi connectivity index (χ0n) is 10.7. The summed E-state index contributed by atoms with van der Waals surface area (Å²) >= 11 is 0. The third-order valence-electron chi connectivity index (χ3n) is 2.64. The maximum atomic E-state index is 10.7. The zero-order chi connectivity index (χ0) is 13.5. The highest BCUT2D eigenvalue weighted by molar-refractivity contribution is 5.80. The number of hydrogen-bond donors (Lipinski definition) is 3. The molecule has 0 aliphatic carbocycles. The molecule has 19 heavy (non-hydrogen) atoms. The molecule has 4 N–H and O–H groups in total. The Bertz CT molecular complexity index is 473. The average molecular weight is 262 g/mol. The van der Waals surface area contributed by atoms with Crippen molar-refractivity contribution in [3.63, 3.8) is 0 Å². The predicted molar refractivity (Wildman–Crippen MR) is 72.9 cm³/mol. The van der Waals surface area contributed by atoms with Gasteiger partial charge in [0, 0.05) is 19.6 Å². The van der Waals surface area contributed by atoms with Gasteiger partial charge in [-0.1, -0.05) is 12.1 Å². The first-order chi connectivity index (χ1) is 9.24. The number of guanidine groups is 1. The van der Waals surface area contributed by atoms with Crippen LogP contribution in [0.5, 0.6) is 5.75 Å². The second-order valence-electron chi connectivity index (χ2n) is 4.27. The summed E-state index contributed by atoms with van der Waals surface area (Å²) in [4.78, 5) is 15.0. The van der Waals surface area contributed by atoms with Crippen molar-refractivity contribution in [3.8, 4) is 5.75 Å². The van der Waals surface area contributed by atoms with E-state index >= 15 is 0 Å². The first kappa shape index (κ1) is 13.2. The van der Waals surface area contributed by atoms with Crippen LogP contribution in [-0.2, 0) is 11.3 Å². The Morgan fingerprint density at radius 1 is 1.53 bits per heavy atom.